The van der Waals surface area contributed by atoms with Crippen LogP contribution in [0.1, 0.15) is 30.4 Å². The lowest BCUT2D eigenvalue weighted by atomic mass is 10.0. The van der Waals surface area contributed by atoms with Crippen molar-refractivity contribution in [3.63, 3.8) is 0 Å². The van der Waals surface area contributed by atoms with E-state index < -0.39 is 6.04 Å². The van der Waals surface area contributed by atoms with Crippen molar-refractivity contribution < 1.29 is 9.59 Å². The highest BCUT2D eigenvalue weighted by molar-refractivity contribution is 7.71. The number of hydrogen-bond acceptors (Lipinski definition) is 4. The zero-order valence-electron chi connectivity index (χ0n) is 18.0. The van der Waals surface area contributed by atoms with Crippen molar-refractivity contribution in [1.29, 1.82) is 0 Å². The summed E-state index contributed by atoms with van der Waals surface area (Å²) >= 11 is 5.37. The molecule has 32 heavy (non-hydrogen) atoms. The van der Waals surface area contributed by atoms with Gasteiger partial charge in [0.15, 0.2) is 10.6 Å². The molecule has 1 saturated carbocycles. The number of nitrogens with one attached hydrogen (secondary N) is 3. The molecule has 2 aromatic carbocycles. The molecule has 3 aromatic rings. The van der Waals surface area contributed by atoms with E-state index in [9.17, 15) is 9.59 Å². The second-order valence-corrected chi connectivity index (χ2v) is 8.60. The number of rotatable bonds is 9. The minimum absolute atomic E-state index is 0.134. The van der Waals surface area contributed by atoms with Gasteiger partial charge in [-0.25, -0.2) is 0 Å². The molecule has 1 fully saturated rings. The fourth-order valence-electron chi connectivity index (χ4n) is 3.52. The summed E-state index contributed by atoms with van der Waals surface area (Å²) in [6.45, 7) is 2.39. The topological polar surface area (TPSA) is 91.8 Å². The van der Waals surface area contributed by atoms with Crippen LogP contribution in [0.4, 0.5) is 0 Å². The number of carbonyl (C=O) groups is 2. The third kappa shape index (κ3) is 5.70. The van der Waals surface area contributed by atoms with Gasteiger partial charge in [-0.3, -0.25) is 19.3 Å². The van der Waals surface area contributed by atoms with Crippen LogP contribution >= 0.6 is 12.2 Å². The summed E-state index contributed by atoms with van der Waals surface area (Å²) in [6, 6.07) is 17.3. The maximum atomic E-state index is 12.8. The number of amides is 2. The molecule has 0 aliphatic heterocycles. The molecule has 1 aromatic heterocycles. The van der Waals surface area contributed by atoms with Gasteiger partial charge < -0.3 is 10.6 Å². The van der Waals surface area contributed by atoms with Crippen LogP contribution in [0.5, 0.6) is 0 Å². The Labute approximate surface area is 192 Å². The summed E-state index contributed by atoms with van der Waals surface area (Å²) in [7, 11) is 0. The van der Waals surface area contributed by atoms with Crippen molar-refractivity contribution in [3.05, 3.63) is 70.5 Å². The van der Waals surface area contributed by atoms with E-state index in [2.05, 4.69) is 20.8 Å². The Bertz CT molecular complexity index is 1130. The van der Waals surface area contributed by atoms with Gasteiger partial charge in [-0.05, 0) is 37.5 Å². The zero-order valence-corrected chi connectivity index (χ0v) is 18.8. The van der Waals surface area contributed by atoms with Crippen LogP contribution in [0.15, 0.2) is 54.6 Å². The molecule has 1 heterocycles. The second kappa shape index (κ2) is 9.91. The quantitative estimate of drug-likeness (QED) is 0.437. The molecule has 0 bridgehead atoms. The number of benzene rings is 2. The first-order valence-electron chi connectivity index (χ1n) is 10.9. The van der Waals surface area contributed by atoms with E-state index in [1.807, 2.05) is 66.1 Å². The van der Waals surface area contributed by atoms with Crippen molar-refractivity contribution in [3.8, 4) is 11.4 Å². The van der Waals surface area contributed by atoms with Crippen molar-refractivity contribution in [2.75, 3.05) is 0 Å². The van der Waals surface area contributed by atoms with E-state index in [1.54, 1.807) is 0 Å². The summed E-state index contributed by atoms with van der Waals surface area (Å²) in [5.41, 5.74) is 3.08. The number of aromatic amines is 1. The molecule has 166 valence electrons. The third-order valence-corrected chi connectivity index (χ3v) is 5.80. The monoisotopic (exact) mass is 449 g/mol. The van der Waals surface area contributed by atoms with Gasteiger partial charge in [-0.1, -0.05) is 60.2 Å². The van der Waals surface area contributed by atoms with E-state index in [0.717, 1.165) is 29.5 Å². The van der Waals surface area contributed by atoms with Crippen molar-refractivity contribution in [1.82, 2.24) is 25.4 Å². The molecular weight excluding hydrogens is 422 g/mol. The Morgan fingerprint density at radius 3 is 2.56 bits per heavy atom. The molecule has 0 radical (unpaired) electrons. The number of carbonyl (C=O) groups excluding carboxylic acids is 2. The SMILES string of the molecule is Cc1ccc(-c2n[nH]c(=S)n2CCC(=O)NC(Cc2ccccc2)C(=O)NC2CC2)cc1. The molecule has 1 atom stereocenters. The maximum Gasteiger partial charge on any atom is 0.243 e. The largest absolute Gasteiger partial charge is 0.352 e. The van der Waals surface area contributed by atoms with Crippen LogP contribution in [0.25, 0.3) is 11.4 Å². The van der Waals surface area contributed by atoms with Gasteiger partial charge in [-0.2, -0.15) is 5.10 Å². The predicted molar refractivity (Wildman–Crippen MR) is 125 cm³/mol. The average Bonchev–Trinajstić information content (AvgIpc) is 3.53. The van der Waals surface area contributed by atoms with Crippen molar-refractivity contribution >= 4 is 24.0 Å². The van der Waals surface area contributed by atoms with E-state index in [4.69, 9.17) is 12.2 Å². The predicted octanol–water partition coefficient (Wildman–Crippen LogP) is 3.31. The maximum absolute atomic E-state index is 12.8. The summed E-state index contributed by atoms with van der Waals surface area (Å²) < 4.78 is 2.27. The van der Waals surface area contributed by atoms with Crippen LogP contribution in [-0.4, -0.2) is 38.7 Å². The van der Waals surface area contributed by atoms with Crippen LogP contribution in [0.3, 0.4) is 0 Å². The molecule has 0 saturated heterocycles. The smallest absolute Gasteiger partial charge is 0.243 e. The van der Waals surface area contributed by atoms with E-state index in [-0.39, 0.29) is 24.3 Å². The minimum Gasteiger partial charge on any atom is -0.352 e. The minimum atomic E-state index is -0.612. The number of aryl methyl sites for hydroxylation is 1. The molecule has 1 unspecified atom stereocenters. The zero-order chi connectivity index (χ0) is 22.5. The number of H-pyrrole nitrogens is 1. The summed E-state index contributed by atoms with van der Waals surface area (Å²) in [4.78, 5) is 25.5. The number of nitrogens with zero attached hydrogens (tertiary/aromatic N) is 2. The van der Waals surface area contributed by atoms with Crippen LogP contribution in [-0.2, 0) is 22.6 Å². The Morgan fingerprint density at radius 1 is 1.16 bits per heavy atom. The van der Waals surface area contributed by atoms with Crippen LogP contribution in [0.2, 0.25) is 0 Å². The van der Waals surface area contributed by atoms with E-state index >= 15 is 0 Å². The fourth-order valence-corrected chi connectivity index (χ4v) is 3.74. The van der Waals surface area contributed by atoms with Gasteiger partial charge in [0.2, 0.25) is 11.8 Å². The number of aromatic nitrogens is 3. The molecule has 7 nitrogen and oxygen atoms in total. The Kier molecular flexibility index (Phi) is 6.80. The highest BCUT2D eigenvalue weighted by Crippen LogP contribution is 2.20. The molecule has 2 amide bonds. The van der Waals surface area contributed by atoms with E-state index in [1.165, 1.54) is 0 Å². The van der Waals surface area contributed by atoms with Crippen molar-refractivity contribution in [2.45, 2.75) is 51.2 Å². The van der Waals surface area contributed by atoms with Gasteiger partial charge in [0.25, 0.3) is 0 Å². The Balaban J connectivity index is 1.42. The summed E-state index contributed by atoms with van der Waals surface area (Å²) in [5, 5.41) is 13.1. The molecule has 3 N–H and O–H groups in total. The highest BCUT2D eigenvalue weighted by atomic mass is 32.1. The average molecular weight is 450 g/mol. The van der Waals surface area contributed by atoms with Crippen molar-refractivity contribution in [2.24, 2.45) is 0 Å². The van der Waals surface area contributed by atoms with Crippen LogP contribution in [0, 0.1) is 11.7 Å². The Morgan fingerprint density at radius 2 is 1.88 bits per heavy atom. The normalized spacial score (nSPS) is 14.0. The molecular formula is C24H27N5O2S. The first-order chi connectivity index (χ1) is 15.5. The van der Waals surface area contributed by atoms with Gasteiger partial charge in [0.1, 0.15) is 6.04 Å². The van der Waals surface area contributed by atoms with Gasteiger partial charge in [-0.15, -0.1) is 0 Å². The standard InChI is InChI=1S/C24H27N5O2S/c1-16-7-9-18(10-8-16)22-27-28-24(32)29(22)14-13-21(30)26-20(23(31)25-19-11-12-19)15-17-5-3-2-4-6-17/h2-10,19-20H,11-15H2,1H3,(H,25,31)(H,26,30)(H,28,32). The fraction of sp³-hybridized carbons (Fsp3) is 0.333. The first-order valence-corrected chi connectivity index (χ1v) is 11.3. The second-order valence-electron chi connectivity index (χ2n) is 8.21. The third-order valence-electron chi connectivity index (χ3n) is 5.49. The lowest BCUT2D eigenvalue weighted by Gasteiger charge is -2.19. The summed E-state index contributed by atoms with van der Waals surface area (Å²) in [5.74, 6) is 0.356. The molecule has 0 spiro atoms. The highest BCUT2D eigenvalue weighted by Gasteiger charge is 2.28. The van der Waals surface area contributed by atoms with Crippen LogP contribution < -0.4 is 10.6 Å². The lowest BCUT2D eigenvalue weighted by molar-refractivity contribution is -0.129. The molecule has 1 aliphatic rings. The molecule has 4 rings (SSSR count). The van der Waals surface area contributed by atoms with Gasteiger partial charge in [0.05, 0.1) is 0 Å². The first kappa shape index (κ1) is 22.0. The molecule has 1 aliphatic carbocycles. The lowest BCUT2D eigenvalue weighted by Crippen LogP contribution is -2.48. The van der Waals surface area contributed by atoms with Gasteiger partial charge in [0, 0.05) is 31.0 Å². The van der Waals surface area contributed by atoms with E-state index in [0.29, 0.717) is 23.6 Å². The Hall–Kier alpha value is -3.26. The molecule has 8 heteroatoms. The summed E-state index contributed by atoms with van der Waals surface area (Å²) in [6.07, 6.45) is 2.64. The van der Waals surface area contributed by atoms with Gasteiger partial charge >= 0.3 is 0 Å². The number of hydrogen-bond donors (Lipinski definition) is 3.